The highest BCUT2D eigenvalue weighted by molar-refractivity contribution is 6.10. The number of esters is 1. The summed E-state index contributed by atoms with van der Waals surface area (Å²) in [6.07, 6.45) is 4.88. The summed E-state index contributed by atoms with van der Waals surface area (Å²) < 4.78 is 5.89. The lowest BCUT2D eigenvalue weighted by atomic mass is 9.55. The highest BCUT2D eigenvalue weighted by Crippen LogP contribution is 2.61. The molecule has 0 N–H and O–H groups in total. The fraction of sp³-hybridized carbons (Fsp3) is 0.483. The van der Waals surface area contributed by atoms with Crippen molar-refractivity contribution in [1.29, 1.82) is 0 Å². The fourth-order valence-electron chi connectivity index (χ4n) is 7.07. The molecule has 0 radical (unpaired) electrons. The van der Waals surface area contributed by atoms with Crippen molar-refractivity contribution >= 4 is 17.8 Å². The van der Waals surface area contributed by atoms with Crippen molar-refractivity contribution < 1.29 is 19.1 Å². The van der Waals surface area contributed by atoms with Crippen molar-refractivity contribution in [3.8, 4) is 0 Å². The molecule has 4 aliphatic carbocycles. The van der Waals surface area contributed by atoms with E-state index in [9.17, 15) is 14.4 Å². The van der Waals surface area contributed by atoms with Crippen LogP contribution in [0.4, 0.5) is 0 Å². The van der Waals surface area contributed by atoms with Gasteiger partial charge in [0.05, 0.1) is 11.8 Å². The van der Waals surface area contributed by atoms with Crippen LogP contribution in [0.3, 0.4) is 0 Å². The van der Waals surface area contributed by atoms with E-state index in [0.29, 0.717) is 0 Å². The lowest BCUT2D eigenvalue weighted by molar-refractivity contribution is -0.165. The normalized spacial score (nSPS) is 28.5. The van der Waals surface area contributed by atoms with Crippen LogP contribution >= 0.6 is 0 Å². The van der Waals surface area contributed by atoms with Gasteiger partial charge in [0.2, 0.25) is 11.8 Å². The van der Waals surface area contributed by atoms with Gasteiger partial charge in [0, 0.05) is 11.8 Å². The van der Waals surface area contributed by atoms with Crippen LogP contribution in [0.25, 0.3) is 0 Å². The fourth-order valence-corrected chi connectivity index (χ4v) is 7.07. The van der Waals surface area contributed by atoms with E-state index in [4.69, 9.17) is 4.74 Å². The summed E-state index contributed by atoms with van der Waals surface area (Å²) in [6.45, 7) is 3.79. The maximum atomic E-state index is 14.0. The molecule has 5 aliphatic rings. The number of nitrogens with zero attached hydrogens (tertiary/aromatic N) is 1. The molecule has 2 aromatic carbocycles. The predicted octanol–water partition coefficient (Wildman–Crippen LogP) is 4.78. The first kappa shape index (κ1) is 21.6. The second-order valence-corrected chi connectivity index (χ2v) is 10.7. The average molecular weight is 458 g/mol. The summed E-state index contributed by atoms with van der Waals surface area (Å²) >= 11 is 0. The van der Waals surface area contributed by atoms with E-state index in [0.717, 1.165) is 54.4 Å². The zero-order valence-electron chi connectivity index (χ0n) is 19.8. The van der Waals surface area contributed by atoms with Gasteiger partial charge in [-0.3, -0.25) is 14.5 Å². The molecule has 2 amide bonds. The molecule has 5 heteroatoms. The number of likely N-dealkylation sites (tertiary alicyclic amines) is 1. The third kappa shape index (κ3) is 3.02. The standard InChI is InChI=1S/C29H31NO4/c1-16(2)26(29(33)34-17-10-4-3-5-11-17)30-27(31)24-22-18-12-6-7-13-19(18)23(25(24)28(30)32)21-15-9-8-14-20(21)22/h6-9,12-17,22-26H,3-5,10-11H2,1-2H3/t22?,23?,24-,25+,26-/m1/s1. The van der Waals surface area contributed by atoms with Gasteiger partial charge in [0.1, 0.15) is 12.1 Å². The Morgan fingerprint density at radius 1 is 0.794 bits per heavy atom. The van der Waals surface area contributed by atoms with Crippen molar-refractivity contribution in [3.05, 3.63) is 70.8 Å². The highest BCUT2D eigenvalue weighted by Gasteiger charge is 2.63. The van der Waals surface area contributed by atoms with E-state index >= 15 is 0 Å². The number of hydrogen-bond acceptors (Lipinski definition) is 4. The zero-order chi connectivity index (χ0) is 23.6. The number of carbonyl (C=O) groups excluding carboxylic acids is 3. The summed E-state index contributed by atoms with van der Waals surface area (Å²) in [5, 5.41) is 0. The molecular formula is C29H31NO4. The maximum absolute atomic E-state index is 14.0. The van der Waals surface area contributed by atoms with Crippen molar-refractivity contribution in [2.75, 3.05) is 0 Å². The van der Waals surface area contributed by atoms with Crippen LogP contribution in [0.1, 0.15) is 80.0 Å². The maximum Gasteiger partial charge on any atom is 0.329 e. The van der Waals surface area contributed by atoms with Crippen LogP contribution in [0.2, 0.25) is 0 Å². The van der Waals surface area contributed by atoms with E-state index in [2.05, 4.69) is 24.3 Å². The van der Waals surface area contributed by atoms with Gasteiger partial charge >= 0.3 is 5.97 Å². The summed E-state index contributed by atoms with van der Waals surface area (Å²) in [5.74, 6) is -2.33. The van der Waals surface area contributed by atoms with E-state index in [1.165, 1.54) is 4.90 Å². The molecule has 5 nitrogen and oxygen atoms in total. The smallest absolute Gasteiger partial charge is 0.329 e. The van der Waals surface area contributed by atoms with Crippen molar-refractivity contribution in [3.63, 3.8) is 0 Å². The third-order valence-corrected chi connectivity index (χ3v) is 8.47. The largest absolute Gasteiger partial charge is 0.461 e. The molecule has 0 spiro atoms. The lowest BCUT2D eigenvalue weighted by Gasteiger charge is -2.45. The van der Waals surface area contributed by atoms with E-state index in [1.54, 1.807) is 0 Å². The Kier molecular flexibility index (Phi) is 5.12. The van der Waals surface area contributed by atoms with E-state index in [1.807, 2.05) is 38.1 Å². The number of ether oxygens (including phenoxy) is 1. The van der Waals surface area contributed by atoms with Gasteiger partial charge in [0.15, 0.2) is 0 Å². The average Bonchev–Trinajstić information content (AvgIpc) is 3.10. The van der Waals surface area contributed by atoms with Crippen molar-refractivity contribution in [2.24, 2.45) is 17.8 Å². The first-order valence-corrected chi connectivity index (χ1v) is 12.7. The summed E-state index contributed by atoms with van der Waals surface area (Å²) in [6, 6.07) is 15.5. The van der Waals surface area contributed by atoms with Crippen LogP contribution in [0.5, 0.6) is 0 Å². The summed E-state index contributed by atoms with van der Waals surface area (Å²) in [5.41, 5.74) is 4.56. The Morgan fingerprint density at radius 2 is 1.24 bits per heavy atom. The molecular weight excluding hydrogens is 426 g/mol. The van der Waals surface area contributed by atoms with E-state index in [-0.39, 0.29) is 35.7 Å². The molecule has 7 rings (SSSR count). The Morgan fingerprint density at radius 3 is 1.65 bits per heavy atom. The molecule has 34 heavy (non-hydrogen) atoms. The number of hydrogen-bond donors (Lipinski definition) is 0. The number of rotatable bonds is 4. The van der Waals surface area contributed by atoms with Crippen LogP contribution < -0.4 is 0 Å². The first-order valence-electron chi connectivity index (χ1n) is 12.7. The summed E-state index contributed by atoms with van der Waals surface area (Å²) in [4.78, 5) is 42.7. The number of imide groups is 1. The van der Waals surface area contributed by atoms with Gasteiger partial charge < -0.3 is 4.74 Å². The van der Waals surface area contributed by atoms with Crippen molar-refractivity contribution in [2.45, 2.75) is 69.9 Å². The Bertz CT molecular complexity index is 1050. The monoisotopic (exact) mass is 457 g/mol. The van der Waals surface area contributed by atoms with Crippen LogP contribution in [0, 0.1) is 17.8 Å². The molecule has 2 fully saturated rings. The second kappa shape index (κ2) is 8.07. The highest BCUT2D eigenvalue weighted by atomic mass is 16.5. The van der Waals surface area contributed by atoms with Crippen LogP contribution in [-0.4, -0.2) is 34.8 Å². The molecule has 0 aromatic heterocycles. The Hall–Kier alpha value is -2.95. The SMILES string of the molecule is CC(C)[C@H](C(=O)OC1CCCCC1)N1C(=O)[C@@H]2C3c4ccccc4C(c4ccccc43)[C@@H]2C1=O. The number of carbonyl (C=O) groups is 3. The molecule has 1 saturated heterocycles. The Labute approximate surface area is 200 Å². The topological polar surface area (TPSA) is 63.7 Å². The van der Waals surface area contributed by atoms with Gasteiger partial charge in [-0.05, 0) is 53.9 Å². The lowest BCUT2D eigenvalue weighted by Crippen LogP contribution is -2.50. The Balaban J connectivity index is 1.39. The number of amides is 2. The zero-order valence-corrected chi connectivity index (χ0v) is 19.8. The molecule has 1 heterocycles. The quantitative estimate of drug-likeness (QED) is 0.490. The van der Waals surface area contributed by atoms with Gasteiger partial charge in [-0.15, -0.1) is 0 Å². The van der Waals surface area contributed by atoms with Crippen LogP contribution in [0.15, 0.2) is 48.5 Å². The molecule has 3 atom stereocenters. The van der Waals surface area contributed by atoms with Gasteiger partial charge in [0.25, 0.3) is 0 Å². The van der Waals surface area contributed by atoms with E-state index < -0.39 is 23.8 Å². The molecule has 2 aromatic rings. The van der Waals surface area contributed by atoms with Crippen LogP contribution in [-0.2, 0) is 19.1 Å². The summed E-state index contributed by atoms with van der Waals surface area (Å²) in [7, 11) is 0. The number of benzene rings is 2. The third-order valence-electron chi connectivity index (χ3n) is 8.47. The molecule has 1 saturated carbocycles. The molecule has 176 valence electrons. The van der Waals surface area contributed by atoms with Gasteiger partial charge in [-0.25, -0.2) is 4.79 Å². The molecule has 0 unspecified atom stereocenters. The van der Waals surface area contributed by atoms with Gasteiger partial charge in [-0.2, -0.15) is 0 Å². The van der Waals surface area contributed by atoms with Gasteiger partial charge in [-0.1, -0.05) is 68.8 Å². The minimum atomic E-state index is -0.877. The first-order chi connectivity index (χ1) is 16.5. The molecule has 2 bridgehead atoms. The molecule has 1 aliphatic heterocycles. The predicted molar refractivity (Wildman–Crippen MR) is 127 cm³/mol. The van der Waals surface area contributed by atoms with Crippen molar-refractivity contribution in [1.82, 2.24) is 4.90 Å². The minimum Gasteiger partial charge on any atom is -0.461 e. The minimum absolute atomic E-state index is 0.109. The second-order valence-electron chi connectivity index (χ2n) is 10.7.